The SMILES string of the molecule is Cc1nnc(-c2c[nH]c(=O)[nH]c2=O)cc1[C@H]1C[C@@H]1c1ccc(S(C)(=O)=O)cc1. The van der Waals surface area contributed by atoms with Gasteiger partial charge in [0.25, 0.3) is 5.56 Å². The van der Waals surface area contributed by atoms with Crippen molar-refractivity contribution in [3.63, 3.8) is 0 Å². The number of hydrogen-bond donors (Lipinski definition) is 2. The molecule has 0 bridgehead atoms. The molecular formula is C19H18N4O4S. The fourth-order valence-electron chi connectivity index (χ4n) is 3.44. The van der Waals surface area contributed by atoms with Crippen molar-refractivity contribution < 1.29 is 8.42 Å². The number of rotatable bonds is 4. The van der Waals surface area contributed by atoms with E-state index in [1.165, 1.54) is 12.5 Å². The molecule has 2 N–H and O–H groups in total. The van der Waals surface area contributed by atoms with Crippen molar-refractivity contribution in [3.05, 3.63) is 74.2 Å². The summed E-state index contributed by atoms with van der Waals surface area (Å²) >= 11 is 0. The third-order valence-electron chi connectivity index (χ3n) is 5.04. The topological polar surface area (TPSA) is 126 Å². The Labute approximate surface area is 160 Å². The van der Waals surface area contributed by atoms with Gasteiger partial charge >= 0.3 is 5.69 Å². The van der Waals surface area contributed by atoms with Crippen LogP contribution in [0.15, 0.2) is 51.0 Å². The first kappa shape index (κ1) is 18.3. The highest BCUT2D eigenvalue weighted by molar-refractivity contribution is 7.90. The molecule has 144 valence electrons. The molecule has 0 unspecified atom stereocenters. The fraction of sp³-hybridized carbons (Fsp3) is 0.263. The minimum atomic E-state index is -3.22. The highest BCUT2D eigenvalue weighted by Gasteiger charge is 2.41. The van der Waals surface area contributed by atoms with Crippen LogP contribution in [-0.2, 0) is 9.84 Å². The standard InChI is InChI=1S/C19H18N4O4S/c1-10-13(8-17(23-22-10)16-9-20-19(25)21-18(16)24)15-7-14(15)11-3-5-12(6-4-11)28(2,26)27/h3-6,8-9,14-15H,7H2,1-2H3,(H2,20,21,24,25)/t14-,15-/m1/s1. The molecule has 3 aromatic rings. The van der Waals surface area contributed by atoms with Crippen molar-refractivity contribution in [2.45, 2.75) is 30.1 Å². The summed E-state index contributed by atoms with van der Waals surface area (Å²) in [5.74, 6) is 0.485. The molecule has 1 aliphatic carbocycles. The second-order valence-electron chi connectivity index (χ2n) is 7.05. The van der Waals surface area contributed by atoms with Gasteiger partial charge in [-0.2, -0.15) is 5.10 Å². The molecule has 2 atom stereocenters. The van der Waals surface area contributed by atoms with Crippen molar-refractivity contribution in [3.8, 4) is 11.3 Å². The molecular weight excluding hydrogens is 380 g/mol. The van der Waals surface area contributed by atoms with Gasteiger partial charge in [-0.3, -0.25) is 9.78 Å². The molecule has 0 aliphatic heterocycles. The van der Waals surface area contributed by atoms with Crippen molar-refractivity contribution in [2.75, 3.05) is 6.26 Å². The third-order valence-corrected chi connectivity index (χ3v) is 6.17. The lowest BCUT2D eigenvalue weighted by atomic mass is 10.0. The molecule has 0 amide bonds. The number of aromatic nitrogens is 4. The van der Waals surface area contributed by atoms with Crippen LogP contribution in [0.3, 0.4) is 0 Å². The summed E-state index contributed by atoms with van der Waals surface area (Å²) in [6.45, 7) is 1.87. The maximum atomic E-state index is 12.0. The maximum absolute atomic E-state index is 12.0. The van der Waals surface area contributed by atoms with Gasteiger partial charge in [0, 0.05) is 12.5 Å². The molecule has 2 heterocycles. The molecule has 1 fully saturated rings. The lowest BCUT2D eigenvalue weighted by molar-refractivity contribution is 0.602. The molecule has 4 rings (SSSR count). The highest BCUT2D eigenvalue weighted by atomic mass is 32.2. The van der Waals surface area contributed by atoms with E-state index in [2.05, 4.69) is 20.2 Å². The molecule has 2 aromatic heterocycles. The van der Waals surface area contributed by atoms with Crippen LogP contribution in [0, 0.1) is 6.92 Å². The summed E-state index contributed by atoms with van der Waals surface area (Å²) in [5.41, 5.74) is 2.40. The zero-order valence-corrected chi connectivity index (χ0v) is 16.1. The Balaban J connectivity index is 1.64. The number of aryl methyl sites for hydroxylation is 1. The minimum absolute atomic E-state index is 0.222. The summed E-state index contributed by atoms with van der Waals surface area (Å²) in [6, 6.07) is 8.78. The van der Waals surface area contributed by atoms with Crippen LogP contribution in [0.1, 0.15) is 35.1 Å². The largest absolute Gasteiger partial charge is 0.325 e. The zero-order valence-electron chi connectivity index (χ0n) is 15.3. The van der Waals surface area contributed by atoms with Crippen LogP contribution in [-0.4, -0.2) is 34.8 Å². The second kappa shape index (κ2) is 6.52. The molecule has 0 radical (unpaired) electrons. The van der Waals surface area contributed by atoms with E-state index in [1.54, 1.807) is 12.1 Å². The normalized spacial score (nSPS) is 18.8. The van der Waals surface area contributed by atoms with Gasteiger partial charge in [-0.15, -0.1) is 5.10 Å². The summed E-state index contributed by atoms with van der Waals surface area (Å²) in [5, 5.41) is 8.27. The molecule has 0 spiro atoms. The van der Waals surface area contributed by atoms with Crippen LogP contribution in [0.25, 0.3) is 11.3 Å². The summed E-state index contributed by atoms with van der Waals surface area (Å²) in [4.78, 5) is 28.2. The van der Waals surface area contributed by atoms with E-state index in [0.29, 0.717) is 10.6 Å². The number of sulfone groups is 1. The van der Waals surface area contributed by atoms with Gasteiger partial charge in [-0.25, -0.2) is 13.2 Å². The Bertz CT molecular complexity index is 1280. The Morgan fingerprint density at radius 1 is 1.07 bits per heavy atom. The molecule has 0 saturated heterocycles. The first-order chi connectivity index (χ1) is 13.2. The Kier molecular flexibility index (Phi) is 4.26. The molecule has 8 nitrogen and oxygen atoms in total. The van der Waals surface area contributed by atoms with Crippen molar-refractivity contribution >= 4 is 9.84 Å². The third kappa shape index (κ3) is 3.40. The van der Waals surface area contributed by atoms with Crippen LogP contribution in [0.5, 0.6) is 0 Å². The van der Waals surface area contributed by atoms with Gasteiger partial charge in [-0.1, -0.05) is 12.1 Å². The highest BCUT2D eigenvalue weighted by Crippen LogP contribution is 2.55. The van der Waals surface area contributed by atoms with Gasteiger partial charge in [0.2, 0.25) is 0 Å². The summed E-state index contributed by atoms with van der Waals surface area (Å²) in [7, 11) is -3.22. The predicted octanol–water partition coefficient (Wildman–Crippen LogP) is 1.50. The van der Waals surface area contributed by atoms with E-state index in [9.17, 15) is 18.0 Å². The minimum Gasteiger partial charge on any atom is -0.313 e. The van der Waals surface area contributed by atoms with Gasteiger partial charge in [0.1, 0.15) is 5.69 Å². The maximum Gasteiger partial charge on any atom is 0.325 e. The molecule has 1 saturated carbocycles. The van der Waals surface area contributed by atoms with E-state index in [1.807, 2.05) is 25.1 Å². The van der Waals surface area contributed by atoms with Gasteiger partial charge in [0.15, 0.2) is 9.84 Å². The Hall–Kier alpha value is -3.07. The number of H-pyrrole nitrogens is 2. The number of hydrogen-bond acceptors (Lipinski definition) is 6. The summed E-state index contributed by atoms with van der Waals surface area (Å²) in [6.07, 6.45) is 3.43. The molecule has 9 heteroatoms. The number of nitrogens with one attached hydrogen (secondary N) is 2. The fourth-order valence-corrected chi connectivity index (χ4v) is 4.07. The number of benzene rings is 1. The monoisotopic (exact) mass is 398 g/mol. The van der Waals surface area contributed by atoms with Crippen LogP contribution in [0.2, 0.25) is 0 Å². The second-order valence-corrected chi connectivity index (χ2v) is 9.06. The van der Waals surface area contributed by atoms with Crippen molar-refractivity contribution in [2.24, 2.45) is 0 Å². The number of nitrogens with zero attached hydrogens (tertiary/aromatic N) is 2. The molecule has 1 aliphatic rings. The predicted molar refractivity (Wildman–Crippen MR) is 103 cm³/mol. The van der Waals surface area contributed by atoms with Crippen LogP contribution in [0.4, 0.5) is 0 Å². The van der Waals surface area contributed by atoms with Crippen LogP contribution >= 0.6 is 0 Å². The van der Waals surface area contributed by atoms with Gasteiger partial charge in [-0.05, 0) is 54.5 Å². The average molecular weight is 398 g/mol. The Morgan fingerprint density at radius 3 is 2.43 bits per heavy atom. The van der Waals surface area contributed by atoms with E-state index >= 15 is 0 Å². The van der Waals surface area contributed by atoms with Crippen molar-refractivity contribution in [1.29, 1.82) is 0 Å². The Morgan fingerprint density at radius 2 is 1.79 bits per heavy atom. The molecule has 28 heavy (non-hydrogen) atoms. The van der Waals surface area contributed by atoms with Gasteiger partial charge < -0.3 is 4.98 Å². The van der Waals surface area contributed by atoms with E-state index in [0.717, 1.165) is 23.2 Å². The lowest BCUT2D eigenvalue weighted by Gasteiger charge is -2.07. The zero-order chi connectivity index (χ0) is 20.1. The molecule has 1 aromatic carbocycles. The average Bonchev–Trinajstić information content (AvgIpc) is 3.42. The summed E-state index contributed by atoms with van der Waals surface area (Å²) < 4.78 is 23.2. The smallest absolute Gasteiger partial charge is 0.313 e. The van der Waals surface area contributed by atoms with E-state index in [4.69, 9.17) is 0 Å². The van der Waals surface area contributed by atoms with Gasteiger partial charge in [0.05, 0.1) is 16.2 Å². The lowest BCUT2D eigenvalue weighted by Crippen LogP contribution is -2.23. The first-order valence-corrected chi connectivity index (χ1v) is 10.6. The van der Waals surface area contributed by atoms with E-state index < -0.39 is 21.1 Å². The number of aromatic amines is 2. The quantitative estimate of drug-likeness (QED) is 0.686. The first-order valence-electron chi connectivity index (χ1n) is 8.70. The van der Waals surface area contributed by atoms with Crippen LogP contribution < -0.4 is 11.2 Å². The van der Waals surface area contributed by atoms with Crippen molar-refractivity contribution in [1.82, 2.24) is 20.2 Å². The van der Waals surface area contributed by atoms with E-state index in [-0.39, 0.29) is 17.4 Å².